The average molecular weight is 477 g/mol. The van der Waals surface area contributed by atoms with Gasteiger partial charge in [0, 0.05) is 35.0 Å². The number of carbonyl (C=O) groups is 1. The molecule has 0 spiro atoms. The lowest BCUT2D eigenvalue weighted by Gasteiger charge is -2.27. The van der Waals surface area contributed by atoms with E-state index in [2.05, 4.69) is 22.4 Å². The standard InChI is InChI=1S/C25H21FN4OS2/c1-32-22-6-5-16(9-18(22)12-27)11-24(31)29-25-20(13-28)21-15-30(8-7-23(21)33-25)14-17-3-2-4-19(26)10-17/h2-6,9-10H,7-8,11,14-15H2,1H3,(H,29,31). The highest BCUT2D eigenvalue weighted by molar-refractivity contribution is 7.98. The summed E-state index contributed by atoms with van der Waals surface area (Å²) in [4.78, 5) is 16.9. The fraction of sp³-hybridized carbons (Fsp3) is 0.240. The molecular weight excluding hydrogens is 455 g/mol. The Morgan fingerprint density at radius 2 is 2.06 bits per heavy atom. The topological polar surface area (TPSA) is 79.9 Å². The van der Waals surface area contributed by atoms with E-state index in [1.807, 2.05) is 24.5 Å². The van der Waals surface area contributed by atoms with Gasteiger partial charge in [-0.3, -0.25) is 9.69 Å². The molecule has 1 amide bonds. The van der Waals surface area contributed by atoms with Gasteiger partial charge in [0.05, 0.1) is 17.5 Å². The molecule has 0 bridgehead atoms. The van der Waals surface area contributed by atoms with Crippen LogP contribution in [-0.4, -0.2) is 23.6 Å². The Hall–Kier alpha value is -3.17. The molecule has 1 aliphatic heterocycles. The van der Waals surface area contributed by atoms with Gasteiger partial charge in [0.25, 0.3) is 0 Å². The first-order chi connectivity index (χ1) is 16.0. The summed E-state index contributed by atoms with van der Waals surface area (Å²) in [6.45, 7) is 2.00. The van der Waals surface area contributed by atoms with Crippen LogP contribution in [0.15, 0.2) is 47.4 Å². The summed E-state index contributed by atoms with van der Waals surface area (Å²) in [6.07, 6.45) is 2.81. The fourth-order valence-electron chi connectivity index (χ4n) is 3.99. The SMILES string of the molecule is CSc1ccc(CC(=O)Nc2sc3c(c2C#N)CN(Cc2cccc(F)c2)CC3)cc1C#N. The molecule has 0 atom stereocenters. The molecule has 4 rings (SSSR count). The van der Waals surface area contributed by atoms with E-state index in [9.17, 15) is 19.7 Å². The average Bonchev–Trinajstić information content (AvgIpc) is 3.14. The Balaban J connectivity index is 1.47. The van der Waals surface area contributed by atoms with E-state index in [-0.39, 0.29) is 18.1 Å². The molecule has 166 valence electrons. The number of nitriles is 2. The minimum atomic E-state index is -0.256. The molecule has 0 fully saturated rings. The molecule has 5 nitrogen and oxygen atoms in total. The molecule has 0 radical (unpaired) electrons. The molecule has 1 N–H and O–H groups in total. The Labute approximate surface area is 200 Å². The number of benzene rings is 2. The van der Waals surface area contributed by atoms with Gasteiger partial charge in [-0.2, -0.15) is 10.5 Å². The number of nitrogens with one attached hydrogen (secondary N) is 1. The third kappa shape index (κ3) is 5.26. The normalized spacial score (nSPS) is 13.1. The van der Waals surface area contributed by atoms with Crippen molar-refractivity contribution < 1.29 is 9.18 Å². The molecule has 2 heterocycles. The second-order valence-corrected chi connectivity index (χ2v) is 9.73. The van der Waals surface area contributed by atoms with Crippen molar-refractivity contribution in [2.45, 2.75) is 30.8 Å². The molecule has 0 saturated carbocycles. The van der Waals surface area contributed by atoms with Crippen LogP contribution in [0.2, 0.25) is 0 Å². The van der Waals surface area contributed by atoms with Gasteiger partial charge in [0.1, 0.15) is 23.0 Å². The largest absolute Gasteiger partial charge is 0.316 e. The van der Waals surface area contributed by atoms with Crippen LogP contribution in [-0.2, 0) is 30.7 Å². The quantitative estimate of drug-likeness (QED) is 0.501. The molecule has 3 aromatic rings. The Kier molecular flexibility index (Phi) is 7.10. The summed E-state index contributed by atoms with van der Waals surface area (Å²) in [6, 6.07) is 16.4. The highest BCUT2D eigenvalue weighted by Crippen LogP contribution is 2.37. The highest BCUT2D eigenvalue weighted by atomic mass is 32.2. The van der Waals surface area contributed by atoms with Gasteiger partial charge < -0.3 is 5.32 Å². The summed E-state index contributed by atoms with van der Waals surface area (Å²) in [5.74, 6) is -0.476. The molecular formula is C25H21FN4OS2. The lowest BCUT2D eigenvalue weighted by Crippen LogP contribution is -2.29. The molecule has 2 aromatic carbocycles. The second kappa shape index (κ2) is 10.2. The number of hydrogen-bond donors (Lipinski definition) is 1. The third-order valence-corrected chi connectivity index (χ3v) is 7.54. The lowest BCUT2D eigenvalue weighted by atomic mass is 10.0. The second-order valence-electron chi connectivity index (χ2n) is 7.78. The minimum Gasteiger partial charge on any atom is -0.316 e. The van der Waals surface area contributed by atoms with Gasteiger partial charge in [-0.1, -0.05) is 18.2 Å². The van der Waals surface area contributed by atoms with Gasteiger partial charge in [-0.15, -0.1) is 23.1 Å². The maximum atomic E-state index is 13.5. The van der Waals surface area contributed by atoms with Crippen molar-refractivity contribution in [2.75, 3.05) is 18.1 Å². The van der Waals surface area contributed by atoms with E-state index in [4.69, 9.17) is 0 Å². The van der Waals surface area contributed by atoms with Crippen LogP contribution < -0.4 is 5.32 Å². The van der Waals surface area contributed by atoms with Crippen molar-refractivity contribution in [3.63, 3.8) is 0 Å². The van der Waals surface area contributed by atoms with Crippen LogP contribution >= 0.6 is 23.1 Å². The molecule has 0 aliphatic carbocycles. The zero-order valence-electron chi connectivity index (χ0n) is 18.0. The number of halogens is 1. The Bertz CT molecular complexity index is 1290. The third-order valence-electron chi connectivity index (χ3n) is 5.54. The monoisotopic (exact) mass is 476 g/mol. The first-order valence-corrected chi connectivity index (χ1v) is 12.4. The van der Waals surface area contributed by atoms with Crippen LogP contribution in [0.5, 0.6) is 0 Å². The lowest BCUT2D eigenvalue weighted by molar-refractivity contribution is -0.115. The number of rotatable bonds is 6. The number of thiophene rings is 1. The Morgan fingerprint density at radius 1 is 1.21 bits per heavy atom. The first kappa shape index (κ1) is 23.0. The van der Waals surface area contributed by atoms with E-state index in [1.54, 1.807) is 12.1 Å². The number of hydrogen-bond acceptors (Lipinski definition) is 6. The molecule has 33 heavy (non-hydrogen) atoms. The zero-order chi connectivity index (χ0) is 23.4. The number of fused-ring (bicyclic) bond motifs is 1. The van der Waals surface area contributed by atoms with E-state index >= 15 is 0 Å². The number of nitrogens with zero attached hydrogens (tertiary/aromatic N) is 3. The first-order valence-electron chi connectivity index (χ1n) is 10.4. The fourth-order valence-corrected chi connectivity index (χ4v) is 5.68. The van der Waals surface area contributed by atoms with Crippen molar-refractivity contribution in [1.82, 2.24) is 4.90 Å². The van der Waals surface area contributed by atoms with Gasteiger partial charge >= 0.3 is 0 Å². The molecule has 8 heteroatoms. The molecule has 1 aromatic heterocycles. The minimum absolute atomic E-state index is 0.127. The number of anilines is 1. The van der Waals surface area contributed by atoms with Crippen LogP contribution in [0.3, 0.4) is 0 Å². The van der Waals surface area contributed by atoms with Crippen LogP contribution in [0.1, 0.15) is 32.7 Å². The number of amides is 1. The van der Waals surface area contributed by atoms with Crippen molar-refractivity contribution in [1.29, 1.82) is 10.5 Å². The predicted octanol–water partition coefficient (Wildman–Crippen LogP) is 5.09. The van der Waals surface area contributed by atoms with E-state index in [0.717, 1.165) is 39.4 Å². The van der Waals surface area contributed by atoms with Crippen molar-refractivity contribution >= 4 is 34.0 Å². The smallest absolute Gasteiger partial charge is 0.229 e. The summed E-state index contributed by atoms with van der Waals surface area (Å²) >= 11 is 2.94. The zero-order valence-corrected chi connectivity index (χ0v) is 19.7. The summed E-state index contributed by atoms with van der Waals surface area (Å²) < 4.78 is 13.5. The van der Waals surface area contributed by atoms with Gasteiger partial charge in [-0.05, 0) is 48.1 Å². The molecule has 0 saturated heterocycles. The van der Waals surface area contributed by atoms with Gasteiger partial charge in [-0.25, -0.2) is 4.39 Å². The van der Waals surface area contributed by atoms with Crippen molar-refractivity contribution in [3.8, 4) is 12.1 Å². The molecule has 1 aliphatic rings. The van der Waals surface area contributed by atoms with E-state index in [0.29, 0.717) is 29.2 Å². The summed E-state index contributed by atoms with van der Waals surface area (Å²) in [5, 5.41) is 22.6. The van der Waals surface area contributed by atoms with Crippen LogP contribution in [0.25, 0.3) is 0 Å². The maximum absolute atomic E-state index is 13.5. The maximum Gasteiger partial charge on any atom is 0.229 e. The van der Waals surface area contributed by atoms with Crippen LogP contribution in [0, 0.1) is 28.5 Å². The number of thioether (sulfide) groups is 1. The summed E-state index contributed by atoms with van der Waals surface area (Å²) in [5.41, 5.74) is 3.64. The molecule has 0 unspecified atom stereocenters. The van der Waals surface area contributed by atoms with Crippen LogP contribution in [0.4, 0.5) is 9.39 Å². The van der Waals surface area contributed by atoms with Crippen molar-refractivity contribution in [3.05, 3.63) is 81.0 Å². The van der Waals surface area contributed by atoms with E-state index in [1.165, 1.54) is 35.2 Å². The Morgan fingerprint density at radius 3 is 2.79 bits per heavy atom. The highest BCUT2D eigenvalue weighted by Gasteiger charge is 2.25. The number of carbonyl (C=O) groups excluding carboxylic acids is 1. The van der Waals surface area contributed by atoms with Gasteiger partial charge in [0.2, 0.25) is 5.91 Å². The van der Waals surface area contributed by atoms with Gasteiger partial charge in [0.15, 0.2) is 0 Å². The predicted molar refractivity (Wildman–Crippen MR) is 129 cm³/mol. The summed E-state index contributed by atoms with van der Waals surface area (Å²) in [7, 11) is 0. The van der Waals surface area contributed by atoms with Crippen molar-refractivity contribution in [2.24, 2.45) is 0 Å². The van der Waals surface area contributed by atoms with E-state index < -0.39 is 0 Å².